The van der Waals surface area contributed by atoms with E-state index in [1.54, 1.807) is 18.0 Å². The van der Waals surface area contributed by atoms with E-state index in [4.69, 9.17) is 21.4 Å². The zero-order valence-corrected chi connectivity index (χ0v) is 22.4. The summed E-state index contributed by atoms with van der Waals surface area (Å²) in [5.41, 5.74) is 0.905. The number of nitrogens with one attached hydrogen (secondary N) is 2. The van der Waals surface area contributed by atoms with E-state index in [0.717, 1.165) is 18.5 Å². The van der Waals surface area contributed by atoms with E-state index in [1.807, 2.05) is 32.2 Å². The van der Waals surface area contributed by atoms with Gasteiger partial charge < -0.3 is 30.3 Å². The minimum absolute atomic E-state index is 0.0413. The van der Waals surface area contributed by atoms with Crippen LogP contribution in [0.4, 0.5) is 9.59 Å². The molecule has 198 valence electrons. The highest BCUT2D eigenvalue weighted by atomic mass is 35.5. The molecular formula is C26H43ClN4O4. The third-order valence-electron chi connectivity index (χ3n) is 6.77. The molecule has 9 heteroatoms. The molecule has 0 radical (unpaired) electrons. The number of urea groups is 1. The lowest BCUT2D eigenvalue weighted by atomic mass is 9.85. The van der Waals surface area contributed by atoms with Crippen molar-refractivity contribution < 1.29 is 19.4 Å². The van der Waals surface area contributed by atoms with Crippen LogP contribution in [0.25, 0.3) is 0 Å². The first-order valence-electron chi connectivity index (χ1n) is 12.7. The number of hydrogen-bond acceptors (Lipinski definition) is 4. The van der Waals surface area contributed by atoms with E-state index < -0.39 is 6.09 Å². The first-order valence-corrected chi connectivity index (χ1v) is 13.1. The van der Waals surface area contributed by atoms with Crippen molar-refractivity contribution in [3.05, 3.63) is 34.9 Å². The number of hydrogen-bond donors (Lipinski definition) is 3. The number of nitrogens with zero attached hydrogens (tertiary/aromatic N) is 2. The molecule has 0 bridgehead atoms. The minimum Gasteiger partial charge on any atom is -0.465 e. The van der Waals surface area contributed by atoms with Gasteiger partial charge in [-0.05, 0) is 37.1 Å². The second kappa shape index (κ2) is 15.2. The van der Waals surface area contributed by atoms with Gasteiger partial charge in [-0.3, -0.25) is 0 Å². The summed E-state index contributed by atoms with van der Waals surface area (Å²) in [5, 5.41) is 16.1. The van der Waals surface area contributed by atoms with Gasteiger partial charge in [0.15, 0.2) is 0 Å². The van der Waals surface area contributed by atoms with Gasteiger partial charge in [0.25, 0.3) is 0 Å². The van der Waals surface area contributed by atoms with Crippen molar-refractivity contribution in [2.24, 2.45) is 11.8 Å². The number of ether oxygens (including phenoxy) is 1. The molecule has 0 spiro atoms. The molecular weight excluding hydrogens is 468 g/mol. The molecule has 0 unspecified atom stereocenters. The first-order chi connectivity index (χ1) is 16.7. The Bertz CT molecular complexity index is 790. The van der Waals surface area contributed by atoms with Gasteiger partial charge in [-0.15, -0.1) is 0 Å². The summed E-state index contributed by atoms with van der Waals surface area (Å²) in [4.78, 5) is 27.0. The van der Waals surface area contributed by atoms with Crippen molar-refractivity contribution in [1.82, 2.24) is 20.4 Å². The summed E-state index contributed by atoms with van der Waals surface area (Å²) in [6.45, 7) is 3.75. The van der Waals surface area contributed by atoms with Crippen LogP contribution < -0.4 is 10.6 Å². The molecule has 3 atom stereocenters. The third kappa shape index (κ3) is 10.2. The molecule has 2 rings (SSSR count). The lowest BCUT2D eigenvalue weighted by molar-refractivity contribution is 0.00247. The predicted molar refractivity (Wildman–Crippen MR) is 140 cm³/mol. The lowest BCUT2D eigenvalue weighted by Gasteiger charge is -2.31. The molecule has 35 heavy (non-hydrogen) atoms. The van der Waals surface area contributed by atoms with Gasteiger partial charge >= 0.3 is 12.1 Å². The summed E-state index contributed by atoms with van der Waals surface area (Å²) in [6.07, 6.45) is 6.06. The van der Waals surface area contributed by atoms with Gasteiger partial charge in [-0.2, -0.15) is 0 Å². The number of halogens is 1. The van der Waals surface area contributed by atoms with Crippen molar-refractivity contribution in [3.63, 3.8) is 0 Å². The smallest absolute Gasteiger partial charge is 0.407 e. The molecule has 0 heterocycles. The summed E-state index contributed by atoms with van der Waals surface area (Å²) >= 11 is 6.22. The highest BCUT2D eigenvalue weighted by molar-refractivity contribution is 6.30. The summed E-state index contributed by atoms with van der Waals surface area (Å²) < 4.78 is 6.13. The molecule has 1 fully saturated rings. The zero-order valence-electron chi connectivity index (χ0n) is 21.6. The standard InChI is InChI=1S/C26H43ClN4O4/c1-19(24(21-11-8-12-22(27)16-21)35-14-13-30(3)26(33)34)18-31(4)25(32)29-23(17-28-2)15-20-9-6-5-7-10-20/h8,11-12,16,19-20,23-24,28H,5-7,9-10,13-15,17-18H2,1-4H3,(H,29,32)(H,33,34)/t19-,23-,24-/m0/s1. The fourth-order valence-corrected chi connectivity index (χ4v) is 5.04. The number of carbonyl (C=O) groups is 2. The van der Waals surface area contributed by atoms with E-state index in [9.17, 15) is 9.59 Å². The fraction of sp³-hybridized carbons (Fsp3) is 0.692. The van der Waals surface area contributed by atoms with Crippen LogP contribution in [0.15, 0.2) is 24.3 Å². The van der Waals surface area contributed by atoms with Crippen molar-refractivity contribution in [3.8, 4) is 0 Å². The average molecular weight is 511 g/mol. The SMILES string of the molecule is CNC[C@H](CC1CCCCC1)NC(=O)N(C)C[C@H](C)[C@H](OCCN(C)C(=O)O)c1cccc(Cl)c1. The second-order valence-corrected chi connectivity index (χ2v) is 10.3. The number of benzene rings is 1. The van der Waals surface area contributed by atoms with Crippen LogP contribution in [0.2, 0.25) is 5.02 Å². The highest BCUT2D eigenvalue weighted by Crippen LogP contribution is 2.29. The predicted octanol–water partition coefficient (Wildman–Crippen LogP) is 4.84. The summed E-state index contributed by atoms with van der Waals surface area (Å²) in [5.74, 6) is 0.636. The lowest BCUT2D eigenvalue weighted by Crippen LogP contribution is -2.48. The average Bonchev–Trinajstić information content (AvgIpc) is 2.82. The van der Waals surface area contributed by atoms with E-state index in [2.05, 4.69) is 10.6 Å². The molecule has 1 saturated carbocycles. The second-order valence-electron chi connectivity index (χ2n) is 9.85. The van der Waals surface area contributed by atoms with E-state index in [-0.39, 0.29) is 37.2 Å². The van der Waals surface area contributed by atoms with Crippen LogP contribution in [-0.2, 0) is 4.74 Å². The van der Waals surface area contributed by atoms with Gasteiger partial charge in [0.1, 0.15) is 0 Å². The van der Waals surface area contributed by atoms with Gasteiger partial charge in [-0.1, -0.05) is 62.8 Å². The molecule has 1 aromatic carbocycles. The maximum Gasteiger partial charge on any atom is 0.407 e. The molecule has 1 aliphatic rings. The Labute approximate surface area is 215 Å². The largest absolute Gasteiger partial charge is 0.465 e. The molecule has 3 N–H and O–H groups in total. The molecule has 3 amide bonds. The van der Waals surface area contributed by atoms with Gasteiger partial charge in [0.2, 0.25) is 0 Å². The maximum atomic E-state index is 13.1. The molecule has 1 aliphatic carbocycles. The quantitative estimate of drug-likeness (QED) is 0.353. The number of amides is 3. The normalized spacial score (nSPS) is 16.8. The van der Waals surface area contributed by atoms with Gasteiger partial charge in [-0.25, -0.2) is 9.59 Å². The van der Waals surface area contributed by atoms with Crippen LogP contribution >= 0.6 is 11.6 Å². The van der Waals surface area contributed by atoms with Crippen LogP contribution in [0, 0.1) is 11.8 Å². The van der Waals surface area contributed by atoms with Gasteiger partial charge in [0.05, 0.1) is 12.7 Å². The fourth-order valence-electron chi connectivity index (χ4n) is 4.85. The van der Waals surface area contributed by atoms with Crippen LogP contribution in [-0.4, -0.2) is 80.5 Å². The first kappa shape index (κ1) is 29.2. The Morgan fingerprint density at radius 3 is 2.54 bits per heavy atom. The summed E-state index contributed by atoms with van der Waals surface area (Å²) in [7, 11) is 5.23. The number of likely N-dealkylation sites (N-methyl/N-ethyl adjacent to an activating group) is 2. The van der Waals surface area contributed by atoms with E-state index in [1.165, 1.54) is 44.1 Å². The Morgan fingerprint density at radius 1 is 1.20 bits per heavy atom. The van der Waals surface area contributed by atoms with Crippen LogP contribution in [0.3, 0.4) is 0 Å². The molecule has 8 nitrogen and oxygen atoms in total. The van der Waals surface area contributed by atoms with Crippen LogP contribution in [0.1, 0.15) is 57.1 Å². The monoisotopic (exact) mass is 510 g/mol. The maximum absolute atomic E-state index is 13.1. The Kier molecular flexibility index (Phi) is 12.7. The van der Waals surface area contributed by atoms with Crippen LogP contribution in [0.5, 0.6) is 0 Å². The van der Waals surface area contributed by atoms with E-state index in [0.29, 0.717) is 17.5 Å². The van der Waals surface area contributed by atoms with Gasteiger partial charge in [0, 0.05) is 50.7 Å². The number of rotatable bonds is 13. The molecule has 0 saturated heterocycles. The van der Waals surface area contributed by atoms with Crippen molar-refractivity contribution in [2.45, 2.75) is 57.6 Å². The van der Waals surface area contributed by atoms with Crippen molar-refractivity contribution >= 4 is 23.7 Å². The van der Waals surface area contributed by atoms with Crippen molar-refractivity contribution in [1.29, 1.82) is 0 Å². The summed E-state index contributed by atoms with van der Waals surface area (Å²) in [6, 6.07) is 7.48. The molecule has 0 aliphatic heterocycles. The zero-order chi connectivity index (χ0) is 25.8. The Balaban J connectivity index is 1.99. The minimum atomic E-state index is -0.998. The van der Waals surface area contributed by atoms with E-state index >= 15 is 0 Å². The topological polar surface area (TPSA) is 94.1 Å². The molecule has 1 aromatic rings. The third-order valence-corrected chi connectivity index (χ3v) is 7.01. The van der Waals surface area contributed by atoms with Crippen molar-refractivity contribution in [2.75, 3.05) is 47.4 Å². The Morgan fingerprint density at radius 2 is 1.91 bits per heavy atom. The number of carbonyl (C=O) groups excluding carboxylic acids is 1. The molecule has 0 aromatic heterocycles. The Hall–Kier alpha value is -2.03. The number of carboxylic acid groups (broad SMARTS) is 1. The highest BCUT2D eigenvalue weighted by Gasteiger charge is 2.26.